The largest absolute Gasteiger partial charge is 0.356 e. The van der Waals surface area contributed by atoms with Gasteiger partial charge in [-0.05, 0) is 62.6 Å². The van der Waals surface area contributed by atoms with Crippen molar-refractivity contribution in [1.29, 1.82) is 0 Å². The summed E-state index contributed by atoms with van der Waals surface area (Å²) in [6.45, 7) is 7.65. The van der Waals surface area contributed by atoms with Crippen LogP contribution in [0.1, 0.15) is 50.2 Å². The standard InChI is InChI=1S/C17H27N3/c1-3-20(12-14-5-4-6-14)17-13(2)9-15(11-19-17)10-18-16-7-8-16/h9,11,14,16,18H,3-8,10,12H2,1-2H3. The van der Waals surface area contributed by atoms with Gasteiger partial charge in [-0.3, -0.25) is 0 Å². The number of anilines is 1. The molecule has 1 aromatic heterocycles. The fourth-order valence-electron chi connectivity index (χ4n) is 2.96. The molecule has 0 radical (unpaired) electrons. The summed E-state index contributed by atoms with van der Waals surface area (Å²) < 4.78 is 0. The summed E-state index contributed by atoms with van der Waals surface area (Å²) in [6.07, 6.45) is 8.96. The van der Waals surface area contributed by atoms with Crippen LogP contribution in [0.3, 0.4) is 0 Å². The third-order valence-corrected chi connectivity index (χ3v) is 4.66. The summed E-state index contributed by atoms with van der Waals surface area (Å²) in [4.78, 5) is 7.20. The number of aryl methyl sites for hydroxylation is 1. The van der Waals surface area contributed by atoms with E-state index in [0.717, 1.165) is 25.0 Å². The lowest BCUT2D eigenvalue weighted by Gasteiger charge is -2.33. The lowest BCUT2D eigenvalue weighted by atomic mass is 9.85. The zero-order valence-corrected chi connectivity index (χ0v) is 12.9. The molecule has 3 nitrogen and oxygen atoms in total. The van der Waals surface area contributed by atoms with Crippen molar-refractivity contribution in [2.75, 3.05) is 18.0 Å². The smallest absolute Gasteiger partial charge is 0.131 e. The van der Waals surface area contributed by atoms with Crippen LogP contribution in [0, 0.1) is 12.8 Å². The van der Waals surface area contributed by atoms with Crippen LogP contribution in [0.5, 0.6) is 0 Å². The highest BCUT2D eigenvalue weighted by molar-refractivity contribution is 5.47. The minimum Gasteiger partial charge on any atom is -0.356 e. The molecule has 0 aromatic carbocycles. The lowest BCUT2D eigenvalue weighted by Crippen LogP contribution is -2.33. The van der Waals surface area contributed by atoms with Gasteiger partial charge in [0, 0.05) is 31.9 Å². The van der Waals surface area contributed by atoms with E-state index in [1.807, 2.05) is 0 Å². The van der Waals surface area contributed by atoms with E-state index >= 15 is 0 Å². The number of pyridine rings is 1. The van der Waals surface area contributed by atoms with Gasteiger partial charge < -0.3 is 10.2 Å². The van der Waals surface area contributed by atoms with Gasteiger partial charge in [0.25, 0.3) is 0 Å². The van der Waals surface area contributed by atoms with Gasteiger partial charge in [0.1, 0.15) is 5.82 Å². The molecule has 0 unspecified atom stereocenters. The number of nitrogens with zero attached hydrogens (tertiary/aromatic N) is 2. The van der Waals surface area contributed by atoms with E-state index in [0.29, 0.717) is 0 Å². The van der Waals surface area contributed by atoms with Crippen LogP contribution in [0.4, 0.5) is 5.82 Å². The first-order valence-corrected chi connectivity index (χ1v) is 8.20. The molecule has 20 heavy (non-hydrogen) atoms. The first-order chi connectivity index (χ1) is 9.76. The van der Waals surface area contributed by atoms with Crippen molar-refractivity contribution in [2.45, 2.75) is 58.5 Å². The summed E-state index contributed by atoms with van der Waals surface area (Å²) in [5.41, 5.74) is 2.64. The average molecular weight is 273 g/mol. The highest BCUT2D eigenvalue weighted by atomic mass is 15.2. The van der Waals surface area contributed by atoms with Gasteiger partial charge in [-0.2, -0.15) is 0 Å². The Bertz CT molecular complexity index is 450. The predicted octanol–water partition coefficient (Wildman–Crippen LogP) is 3.27. The summed E-state index contributed by atoms with van der Waals surface area (Å²) in [6, 6.07) is 3.07. The molecule has 1 N–H and O–H groups in total. The molecule has 2 aliphatic carbocycles. The molecule has 1 heterocycles. The second-order valence-electron chi connectivity index (χ2n) is 6.47. The van der Waals surface area contributed by atoms with Crippen molar-refractivity contribution in [3.05, 3.63) is 23.4 Å². The molecular weight excluding hydrogens is 246 g/mol. The predicted molar refractivity (Wildman–Crippen MR) is 84.1 cm³/mol. The highest BCUT2D eigenvalue weighted by Gasteiger charge is 2.22. The lowest BCUT2D eigenvalue weighted by molar-refractivity contribution is 0.318. The molecule has 2 saturated carbocycles. The van der Waals surface area contributed by atoms with E-state index in [2.05, 4.69) is 36.3 Å². The Labute approximate surface area is 122 Å². The fourth-order valence-corrected chi connectivity index (χ4v) is 2.96. The molecule has 0 saturated heterocycles. The maximum absolute atomic E-state index is 4.75. The first-order valence-electron chi connectivity index (χ1n) is 8.20. The first kappa shape index (κ1) is 13.9. The monoisotopic (exact) mass is 273 g/mol. The van der Waals surface area contributed by atoms with E-state index in [9.17, 15) is 0 Å². The van der Waals surface area contributed by atoms with E-state index in [1.54, 1.807) is 0 Å². The topological polar surface area (TPSA) is 28.2 Å². The molecule has 2 aliphatic rings. The van der Waals surface area contributed by atoms with Gasteiger partial charge in [0.05, 0.1) is 0 Å². The SMILES string of the molecule is CCN(CC1CCC1)c1ncc(CNC2CC2)cc1C. The molecule has 0 bridgehead atoms. The van der Waals surface area contributed by atoms with Gasteiger partial charge in [0.2, 0.25) is 0 Å². The van der Waals surface area contributed by atoms with Crippen molar-refractivity contribution in [3.63, 3.8) is 0 Å². The molecule has 3 heteroatoms. The van der Waals surface area contributed by atoms with Gasteiger partial charge in [-0.25, -0.2) is 4.98 Å². The van der Waals surface area contributed by atoms with Crippen molar-refractivity contribution in [3.8, 4) is 0 Å². The molecule has 0 spiro atoms. The Hall–Kier alpha value is -1.09. The summed E-state index contributed by atoms with van der Waals surface area (Å²) in [5, 5.41) is 3.56. The summed E-state index contributed by atoms with van der Waals surface area (Å²) in [7, 11) is 0. The van der Waals surface area contributed by atoms with Crippen molar-refractivity contribution in [2.24, 2.45) is 5.92 Å². The molecule has 1 aromatic rings. The Morgan fingerprint density at radius 3 is 2.65 bits per heavy atom. The van der Waals surface area contributed by atoms with Crippen LogP contribution in [0.15, 0.2) is 12.3 Å². The number of aromatic nitrogens is 1. The average Bonchev–Trinajstić information content (AvgIpc) is 3.21. The Morgan fingerprint density at radius 1 is 1.30 bits per heavy atom. The van der Waals surface area contributed by atoms with Gasteiger partial charge in [-0.15, -0.1) is 0 Å². The summed E-state index contributed by atoms with van der Waals surface area (Å²) >= 11 is 0. The van der Waals surface area contributed by atoms with Crippen molar-refractivity contribution < 1.29 is 0 Å². The Kier molecular flexibility index (Phi) is 4.25. The van der Waals surface area contributed by atoms with Crippen LogP contribution in [-0.4, -0.2) is 24.1 Å². The second kappa shape index (κ2) is 6.13. The molecule has 110 valence electrons. The number of hydrogen-bond donors (Lipinski definition) is 1. The molecule has 3 rings (SSSR count). The van der Waals surface area contributed by atoms with E-state index in [-0.39, 0.29) is 0 Å². The van der Waals surface area contributed by atoms with Crippen LogP contribution >= 0.6 is 0 Å². The second-order valence-corrected chi connectivity index (χ2v) is 6.47. The quantitative estimate of drug-likeness (QED) is 0.826. The van der Waals surface area contributed by atoms with Crippen LogP contribution in [-0.2, 0) is 6.54 Å². The zero-order chi connectivity index (χ0) is 13.9. The molecule has 0 aliphatic heterocycles. The normalized spacial score (nSPS) is 18.9. The minimum absolute atomic E-state index is 0.765. The van der Waals surface area contributed by atoms with Crippen LogP contribution in [0.2, 0.25) is 0 Å². The Morgan fingerprint density at radius 2 is 2.10 bits per heavy atom. The molecule has 0 amide bonds. The Balaban J connectivity index is 1.64. The van der Waals surface area contributed by atoms with Gasteiger partial charge in [-0.1, -0.05) is 6.42 Å². The number of nitrogens with one attached hydrogen (secondary N) is 1. The third kappa shape index (κ3) is 3.32. The minimum atomic E-state index is 0.765. The van der Waals surface area contributed by atoms with E-state index in [1.165, 1.54) is 55.6 Å². The third-order valence-electron chi connectivity index (χ3n) is 4.66. The highest BCUT2D eigenvalue weighted by Crippen LogP contribution is 2.29. The molecule has 0 atom stereocenters. The molecule has 2 fully saturated rings. The van der Waals surface area contributed by atoms with E-state index < -0.39 is 0 Å². The zero-order valence-electron chi connectivity index (χ0n) is 12.9. The van der Waals surface area contributed by atoms with Gasteiger partial charge >= 0.3 is 0 Å². The molecular formula is C17H27N3. The fraction of sp³-hybridized carbons (Fsp3) is 0.706. The van der Waals surface area contributed by atoms with Crippen LogP contribution < -0.4 is 10.2 Å². The maximum Gasteiger partial charge on any atom is 0.131 e. The number of rotatable bonds is 7. The van der Waals surface area contributed by atoms with Crippen molar-refractivity contribution in [1.82, 2.24) is 10.3 Å². The van der Waals surface area contributed by atoms with Crippen molar-refractivity contribution >= 4 is 5.82 Å². The maximum atomic E-state index is 4.75. The number of hydrogen-bond acceptors (Lipinski definition) is 3. The van der Waals surface area contributed by atoms with Crippen LogP contribution in [0.25, 0.3) is 0 Å². The van der Waals surface area contributed by atoms with Gasteiger partial charge in [0.15, 0.2) is 0 Å². The van der Waals surface area contributed by atoms with E-state index in [4.69, 9.17) is 4.98 Å². The summed E-state index contributed by atoms with van der Waals surface area (Å²) in [5.74, 6) is 2.09.